The van der Waals surface area contributed by atoms with Crippen LogP contribution in [0.1, 0.15) is 50.3 Å². The van der Waals surface area contributed by atoms with E-state index in [4.69, 9.17) is 0 Å². The van der Waals surface area contributed by atoms with Gasteiger partial charge in [0.2, 0.25) is 0 Å². The number of aromatic nitrogens is 2. The van der Waals surface area contributed by atoms with Gasteiger partial charge in [-0.2, -0.15) is 0 Å². The number of nitrogens with one attached hydrogen (secondary N) is 1. The van der Waals surface area contributed by atoms with E-state index in [9.17, 15) is 0 Å². The van der Waals surface area contributed by atoms with Crippen molar-refractivity contribution >= 4 is 0 Å². The maximum absolute atomic E-state index is 4.67. The third-order valence-corrected chi connectivity index (χ3v) is 3.22. The predicted octanol–water partition coefficient (Wildman–Crippen LogP) is 2.65. The molecular weight excluding hydrogens is 210 g/mol. The molecule has 94 valence electrons. The van der Waals surface area contributed by atoms with Gasteiger partial charge in [-0.25, -0.2) is 9.97 Å². The number of hydrogen-bond donors (Lipinski definition) is 1. The van der Waals surface area contributed by atoms with Gasteiger partial charge in [-0.3, -0.25) is 0 Å². The summed E-state index contributed by atoms with van der Waals surface area (Å²) in [5.74, 6) is 3.12. The van der Waals surface area contributed by atoms with Gasteiger partial charge in [0.05, 0.1) is 5.69 Å². The summed E-state index contributed by atoms with van der Waals surface area (Å²) in [6.07, 6.45) is 1.25. The van der Waals surface area contributed by atoms with Crippen molar-refractivity contribution in [3.8, 4) is 0 Å². The highest BCUT2D eigenvalue weighted by Crippen LogP contribution is 2.45. The molecule has 17 heavy (non-hydrogen) atoms. The fourth-order valence-corrected chi connectivity index (χ4v) is 2.09. The highest BCUT2D eigenvalue weighted by molar-refractivity contribution is 5.16. The van der Waals surface area contributed by atoms with Crippen LogP contribution in [0.5, 0.6) is 0 Å². The Kier molecular flexibility index (Phi) is 3.77. The van der Waals surface area contributed by atoms with Crippen molar-refractivity contribution in [3.63, 3.8) is 0 Å². The van der Waals surface area contributed by atoms with Crippen molar-refractivity contribution in [1.29, 1.82) is 0 Å². The molecule has 0 aromatic carbocycles. The van der Waals surface area contributed by atoms with E-state index in [1.165, 1.54) is 6.42 Å². The van der Waals surface area contributed by atoms with Gasteiger partial charge in [0.25, 0.3) is 0 Å². The van der Waals surface area contributed by atoms with Crippen molar-refractivity contribution in [2.24, 2.45) is 11.8 Å². The number of rotatable bonds is 5. The van der Waals surface area contributed by atoms with E-state index in [2.05, 4.69) is 49.0 Å². The molecule has 0 saturated heterocycles. The van der Waals surface area contributed by atoms with Crippen LogP contribution >= 0.6 is 0 Å². The molecule has 1 aromatic rings. The second kappa shape index (κ2) is 5.13. The highest BCUT2D eigenvalue weighted by atomic mass is 15.0. The lowest BCUT2D eigenvalue weighted by atomic mass is 10.2. The first-order valence-corrected chi connectivity index (χ1v) is 6.61. The van der Waals surface area contributed by atoms with E-state index in [1.54, 1.807) is 0 Å². The van der Waals surface area contributed by atoms with Crippen molar-refractivity contribution < 1.29 is 0 Å². The Morgan fingerprint density at radius 1 is 1.41 bits per heavy atom. The van der Waals surface area contributed by atoms with E-state index in [1.807, 2.05) is 0 Å². The zero-order chi connectivity index (χ0) is 12.4. The maximum atomic E-state index is 4.67. The number of aryl methyl sites for hydroxylation is 1. The fraction of sp³-hybridized carbons (Fsp3) is 0.714. The normalized spacial score (nSPS) is 23.1. The topological polar surface area (TPSA) is 37.8 Å². The Bertz CT molecular complexity index is 387. The van der Waals surface area contributed by atoms with Crippen LogP contribution in [0.3, 0.4) is 0 Å². The zero-order valence-corrected chi connectivity index (χ0v) is 11.3. The Morgan fingerprint density at radius 2 is 2.12 bits per heavy atom. The van der Waals surface area contributed by atoms with Crippen LogP contribution in [0.25, 0.3) is 0 Å². The van der Waals surface area contributed by atoms with Gasteiger partial charge >= 0.3 is 0 Å². The summed E-state index contributed by atoms with van der Waals surface area (Å²) in [4.78, 5) is 9.22. The molecule has 0 amide bonds. The molecule has 1 saturated carbocycles. The van der Waals surface area contributed by atoms with Crippen LogP contribution in [0.4, 0.5) is 0 Å². The van der Waals surface area contributed by atoms with E-state index >= 15 is 0 Å². The van der Waals surface area contributed by atoms with Crippen molar-refractivity contribution in [2.75, 3.05) is 6.54 Å². The van der Waals surface area contributed by atoms with E-state index in [-0.39, 0.29) is 0 Å². The summed E-state index contributed by atoms with van der Waals surface area (Å²) in [5.41, 5.74) is 2.22. The number of nitrogens with zero attached hydrogens (tertiary/aromatic N) is 2. The Labute approximate surface area is 104 Å². The van der Waals surface area contributed by atoms with Crippen molar-refractivity contribution in [2.45, 2.75) is 46.6 Å². The van der Waals surface area contributed by atoms with Gasteiger partial charge in [0, 0.05) is 18.2 Å². The van der Waals surface area contributed by atoms with Gasteiger partial charge in [0.15, 0.2) is 0 Å². The Balaban J connectivity index is 1.99. The SMILES string of the molecule is Cc1cc(CNCC(C)C)nc(C2CC2C)n1. The van der Waals surface area contributed by atoms with Crippen LogP contribution < -0.4 is 5.32 Å². The maximum Gasteiger partial charge on any atom is 0.132 e. The first-order valence-electron chi connectivity index (χ1n) is 6.61. The number of hydrogen-bond acceptors (Lipinski definition) is 3. The molecule has 0 bridgehead atoms. The molecule has 0 spiro atoms. The molecule has 3 nitrogen and oxygen atoms in total. The molecule has 2 unspecified atom stereocenters. The lowest BCUT2D eigenvalue weighted by Crippen LogP contribution is -2.20. The van der Waals surface area contributed by atoms with Crippen LogP contribution in [0.2, 0.25) is 0 Å². The largest absolute Gasteiger partial charge is 0.311 e. The monoisotopic (exact) mass is 233 g/mol. The van der Waals surface area contributed by atoms with Gasteiger partial charge < -0.3 is 5.32 Å². The molecule has 2 rings (SSSR count). The molecule has 1 aliphatic rings. The molecule has 0 aliphatic heterocycles. The Morgan fingerprint density at radius 3 is 2.71 bits per heavy atom. The lowest BCUT2D eigenvalue weighted by molar-refractivity contribution is 0.546. The Hall–Kier alpha value is -0.960. The summed E-state index contributed by atoms with van der Waals surface area (Å²) in [7, 11) is 0. The van der Waals surface area contributed by atoms with Gasteiger partial charge in [-0.05, 0) is 37.8 Å². The molecule has 3 heteroatoms. The average molecular weight is 233 g/mol. The van der Waals surface area contributed by atoms with E-state index in [0.29, 0.717) is 11.8 Å². The van der Waals surface area contributed by atoms with Gasteiger partial charge in [0.1, 0.15) is 5.82 Å². The molecular formula is C14H23N3. The summed E-state index contributed by atoms with van der Waals surface area (Å²) in [6.45, 7) is 10.7. The molecule has 1 heterocycles. The minimum Gasteiger partial charge on any atom is -0.311 e. The smallest absolute Gasteiger partial charge is 0.132 e. The van der Waals surface area contributed by atoms with Crippen LogP contribution in [-0.4, -0.2) is 16.5 Å². The first-order chi connectivity index (χ1) is 8.06. The van der Waals surface area contributed by atoms with Crippen molar-refractivity contribution in [1.82, 2.24) is 15.3 Å². The first kappa shape index (κ1) is 12.5. The van der Waals surface area contributed by atoms with E-state index < -0.39 is 0 Å². The quantitative estimate of drug-likeness (QED) is 0.849. The van der Waals surface area contributed by atoms with Crippen molar-refractivity contribution in [3.05, 3.63) is 23.3 Å². The molecule has 1 aliphatic carbocycles. The minimum atomic E-state index is 0.610. The third-order valence-electron chi connectivity index (χ3n) is 3.22. The standard InChI is InChI=1S/C14H23N3/c1-9(2)7-15-8-12-6-11(4)16-14(17-12)13-5-10(13)3/h6,9-10,13,15H,5,7-8H2,1-4H3. The second-order valence-corrected chi connectivity index (χ2v) is 5.70. The summed E-state index contributed by atoms with van der Waals surface area (Å²) < 4.78 is 0. The van der Waals surface area contributed by atoms with Crippen LogP contribution in [0.15, 0.2) is 6.07 Å². The fourth-order valence-electron chi connectivity index (χ4n) is 2.09. The summed E-state index contributed by atoms with van der Waals surface area (Å²) >= 11 is 0. The zero-order valence-electron chi connectivity index (χ0n) is 11.3. The van der Waals surface area contributed by atoms with Crippen LogP contribution in [0, 0.1) is 18.8 Å². The minimum absolute atomic E-state index is 0.610. The average Bonchev–Trinajstić information content (AvgIpc) is 2.94. The van der Waals surface area contributed by atoms with E-state index in [0.717, 1.165) is 36.2 Å². The highest BCUT2D eigenvalue weighted by Gasteiger charge is 2.36. The third kappa shape index (κ3) is 3.50. The van der Waals surface area contributed by atoms with Gasteiger partial charge in [-0.1, -0.05) is 20.8 Å². The molecule has 1 aromatic heterocycles. The predicted molar refractivity (Wildman–Crippen MR) is 69.8 cm³/mol. The summed E-state index contributed by atoms with van der Waals surface area (Å²) in [5, 5.41) is 3.44. The molecule has 1 fully saturated rings. The van der Waals surface area contributed by atoms with Crippen LogP contribution in [-0.2, 0) is 6.54 Å². The molecule has 0 radical (unpaired) electrons. The van der Waals surface area contributed by atoms with Gasteiger partial charge in [-0.15, -0.1) is 0 Å². The summed E-state index contributed by atoms with van der Waals surface area (Å²) in [6, 6.07) is 2.09. The molecule has 1 N–H and O–H groups in total. The second-order valence-electron chi connectivity index (χ2n) is 5.70. The molecule has 2 atom stereocenters. The lowest BCUT2D eigenvalue weighted by Gasteiger charge is -2.08.